The summed E-state index contributed by atoms with van der Waals surface area (Å²) < 4.78 is 0. The first-order valence-electron chi connectivity index (χ1n) is 5.26. The first-order chi connectivity index (χ1) is 7.63. The van der Waals surface area contributed by atoms with Gasteiger partial charge in [-0.1, -0.05) is 23.2 Å². The van der Waals surface area contributed by atoms with E-state index in [-0.39, 0.29) is 0 Å². The Morgan fingerprint density at radius 2 is 2.19 bits per heavy atom. The van der Waals surface area contributed by atoms with Crippen LogP contribution in [0, 0.1) is 0 Å². The van der Waals surface area contributed by atoms with E-state index in [4.69, 9.17) is 23.2 Å². The predicted octanol–water partition coefficient (Wildman–Crippen LogP) is 2.43. The largest absolute Gasteiger partial charge is 0.320 e. The van der Waals surface area contributed by atoms with Crippen LogP contribution in [0.1, 0.15) is 12.0 Å². The second-order valence-electron chi connectivity index (χ2n) is 3.79. The Labute approximate surface area is 107 Å². The highest BCUT2D eigenvalue weighted by Gasteiger charge is 2.05. The molecular weight excluding hydrogens is 245 g/mol. The smallest absolute Gasteiger partial charge is 0.130 e. The van der Waals surface area contributed by atoms with E-state index in [1.807, 2.05) is 7.05 Å². The van der Waals surface area contributed by atoms with Gasteiger partial charge < -0.3 is 10.2 Å². The van der Waals surface area contributed by atoms with Gasteiger partial charge in [-0.3, -0.25) is 0 Å². The summed E-state index contributed by atoms with van der Waals surface area (Å²) in [6, 6.07) is 1.68. The van der Waals surface area contributed by atoms with Crippen LogP contribution in [-0.4, -0.2) is 37.1 Å². The molecule has 0 spiro atoms. The molecule has 16 heavy (non-hydrogen) atoms. The molecule has 0 saturated heterocycles. The van der Waals surface area contributed by atoms with Crippen LogP contribution in [0.25, 0.3) is 0 Å². The molecule has 0 bridgehead atoms. The predicted molar refractivity (Wildman–Crippen MR) is 69.1 cm³/mol. The number of hydrogen-bond donors (Lipinski definition) is 1. The van der Waals surface area contributed by atoms with Crippen LogP contribution in [-0.2, 0) is 6.54 Å². The molecule has 5 heteroatoms. The number of pyridine rings is 1. The lowest BCUT2D eigenvalue weighted by molar-refractivity contribution is 0.321. The van der Waals surface area contributed by atoms with Gasteiger partial charge in [0.15, 0.2) is 0 Å². The molecule has 0 saturated carbocycles. The third-order valence-corrected chi connectivity index (χ3v) is 2.86. The van der Waals surface area contributed by atoms with Crippen molar-refractivity contribution in [3.05, 3.63) is 28.0 Å². The third-order valence-electron chi connectivity index (χ3n) is 2.30. The molecule has 1 N–H and O–H groups in total. The van der Waals surface area contributed by atoms with Crippen molar-refractivity contribution in [2.24, 2.45) is 0 Å². The van der Waals surface area contributed by atoms with Crippen LogP contribution in [0.2, 0.25) is 10.2 Å². The Morgan fingerprint density at radius 3 is 2.81 bits per heavy atom. The summed E-state index contributed by atoms with van der Waals surface area (Å²) in [5.74, 6) is 0. The van der Waals surface area contributed by atoms with E-state index in [0.717, 1.165) is 31.6 Å². The number of aromatic nitrogens is 1. The average molecular weight is 262 g/mol. The first-order valence-corrected chi connectivity index (χ1v) is 6.02. The van der Waals surface area contributed by atoms with Gasteiger partial charge >= 0.3 is 0 Å². The van der Waals surface area contributed by atoms with E-state index in [1.165, 1.54) is 0 Å². The van der Waals surface area contributed by atoms with Crippen molar-refractivity contribution in [2.75, 3.05) is 27.2 Å². The molecule has 0 fully saturated rings. The van der Waals surface area contributed by atoms with Crippen molar-refractivity contribution in [1.82, 2.24) is 15.2 Å². The minimum Gasteiger partial charge on any atom is -0.320 e. The summed E-state index contributed by atoms with van der Waals surface area (Å²) in [6.45, 7) is 2.85. The molecule has 0 aliphatic heterocycles. The van der Waals surface area contributed by atoms with Crippen LogP contribution < -0.4 is 5.32 Å². The Morgan fingerprint density at radius 1 is 1.44 bits per heavy atom. The lowest BCUT2D eigenvalue weighted by Gasteiger charge is -2.17. The minimum atomic E-state index is 0.437. The van der Waals surface area contributed by atoms with Gasteiger partial charge in [-0.05, 0) is 39.7 Å². The third kappa shape index (κ3) is 4.66. The van der Waals surface area contributed by atoms with Crippen molar-refractivity contribution in [3.8, 4) is 0 Å². The van der Waals surface area contributed by atoms with Crippen LogP contribution >= 0.6 is 23.2 Å². The molecule has 1 heterocycles. The van der Waals surface area contributed by atoms with Crippen molar-refractivity contribution in [2.45, 2.75) is 13.0 Å². The van der Waals surface area contributed by atoms with Gasteiger partial charge in [-0.25, -0.2) is 4.98 Å². The molecule has 0 aliphatic rings. The fraction of sp³-hybridized carbons (Fsp3) is 0.545. The van der Waals surface area contributed by atoms with Gasteiger partial charge in [0.2, 0.25) is 0 Å². The summed E-state index contributed by atoms with van der Waals surface area (Å²) in [4.78, 5) is 6.25. The fourth-order valence-corrected chi connectivity index (χ4v) is 1.87. The van der Waals surface area contributed by atoms with Gasteiger partial charge in [0, 0.05) is 23.3 Å². The Bertz CT molecular complexity index is 331. The highest BCUT2D eigenvalue weighted by molar-refractivity contribution is 6.34. The lowest BCUT2D eigenvalue weighted by atomic mass is 10.2. The zero-order chi connectivity index (χ0) is 12.0. The van der Waals surface area contributed by atoms with E-state index in [1.54, 1.807) is 12.3 Å². The highest BCUT2D eigenvalue weighted by atomic mass is 35.5. The van der Waals surface area contributed by atoms with E-state index < -0.39 is 0 Å². The summed E-state index contributed by atoms with van der Waals surface area (Å²) in [7, 11) is 4.03. The fourth-order valence-electron chi connectivity index (χ4n) is 1.45. The molecule has 0 atom stereocenters. The zero-order valence-corrected chi connectivity index (χ0v) is 11.1. The van der Waals surface area contributed by atoms with Crippen molar-refractivity contribution in [1.29, 1.82) is 0 Å². The van der Waals surface area contributed by atoms with E-state index in [0.29, 0.717) is 10.2 Å². The molecule has 0 aliphatic carbocycles. The van der Waals surface area contributed by atoms with Crippen molar-refractivity contribution >= 4 is 23.2 Å². The summed E-state index contributed by atoms with van der Waals surface area (Å²) >= 11 is 11.8. The maximum absolute atomic E-state index is 6.07. The monoisotopic (exact) mass is 261 g/mol. The first kappa shape index (κ1) is 13.7. The van der Waals surface area contributed by atoms with E-state index >= 15 is 0 Å². The number of hydrogen-bond acceptors (Lipinski definition) is 3. The van der Waals surface area contributed by atoms with Crippen molar-refractivity contribution < 1.29 is 0 Å². The van der Waals surface area contributed by atoms with E-state index in [2.05, 4.69) is 22.2 Å². The Balaban J connectivity index is 2.46. The molecule has 1 aromatic heterocycles. The van der Waals surface area contributed by atoms with Gasteiger partial charge in [0.1, 0.15) is 5.15 Å². The SMILES string of the molecule is CNCCCN(C)Cc1cnc(Cl)cc1Cl. The molecule has 90 valence electrons. The molecule has 0 aromatic carbocycles. The van der Waals surface area contributed by atoms with Gasteiger partial charge in [0.05, 0.1) is 0 Å². The van der Waals surface area contributed by atoms with Crippen LogP contribution in [0.3, 0.4) is 0 Å². The normalized spacial score (nSPS) is 11.1. The quantitative estimate of drug-likeness (QED) is 0.630. The average Bonchev–Trinajstić information content (AvgIpc) is 2.23. The van der Waals surface area contributed by atoms with Crippen LogP contribution in [0.15, 0.2) is 12.3 Å². The lowest BCUT2D eigenvalue weighted by Crippen LogP contribution is -2.22. The topological polar surface area (TPSA) is 28.2 Å². The van der Waals surface area contributed by atoms with Gasteiger partial charge in [-0.2, -0.15) is 0 Å². The number of halogens is 2. The van der Waals surface area contributed by atoms with Crippen LogP contribution in [0.5, 0.6) is 0 Å². The Hall–Kier alpha value is -0.350. The van der Waals surface area contributed by atoms with Gasteiger partial charge in [-0.15, -0.1) is 0 Å². The van der Waals surface area contributed by atoms with Crippen LogP contribution in [0.4, 0.5) is 0 Å². The molecule has 1 aromatic rings. The minimum absolute atomic E-state index is 0.437. The second-order valence-corrected chi connectivity index (χ2v) is 4.59. The molecule has 0 radical (unpaired) electrons. The standard InChI is InChI=1S/C11H17Cl2N3/c1-14-4-3-5-16(2)8-9-7-15-11(13)6-10(9)12/h6-7,14H,3-5,8H2,1-2H3. The van der Waals surface area contributed by atoms with E-state index in [9.17, 15) is 0 Å². The molecular formula is C11H17Cl2N3. The number of nitrogens with one attached hydrogen (secondary N) is 1. The second kappa shape index (κ2) is 7.07. The highest BCUT2D eigenvalue weighted by Crippen LogP contribution is 2.19. The molecule has 0 unspecified atom stereocenters. The number of rotatable bonds is 6. The molecule has 1 rings (SSSR count). The molecule has 0 amide bonds. The number of nitrogens with zero attached hydrogens (tertiary/aromatic N) is 2. The molecule has 3 nitrogen and oxygen atoms in total. The summed E-state index contributed by atoms with van der Waals surface area (Å²) in [6.07, 6.45) is 2.85. The zero-order valence-electron chi connectivity index (χ0n) is 9.63. The summed E-state index contributed by atoms with van der Waals surface area (Å²) in [5.41, 5.74) is 1.01. The maximum atomic E-state index is 6.07. The van der Waals surface area contributed by atoms with Gasteiger partial charge in [0.25, 0.3) is 0 Å². The maximum Gasteiger partial charge on any atom is 0.130 e. The van der Waals surface area contributed by atoms with Crippen molar-refractivity contribution in [3.63, 3.8) is 0 Å². The Kier molecular flexibility index (Phi) is 6.06. The summed E-state index contributed by atoms with van der Waals surface area (Å²) in [5, 5.41) is 4.24.